The Balaban J connectivity index is 1.63. The minimum Gasteiger partial charge on any atom is -0.497 e. The lowest BCUT2D eigenvalue weighted by Crippen LogP contribution is -2.51. The van der Waals surface area contributed by atoms with Gasteiger partial charge in [-0.25, -0.2) is 0 Å². The summed E-state index contributed by atoms with van der Waals surface area (Å²) < 4.78 is 6.76. The average molecular weight is 399 g/mol. The second-order valence-corrected chi connectivity index (χ2v) is 7.76. The molecular formula is C21H29N5O3. The Labute approximate surface area is 171 Å². The van der Waals surface area contributed by atoms with Crippen LogP contribution in [0.5, 0.6) is 5.75 Å². The van der Waals surface area contributed by atoms with Crippen molar-refractivity contribution in [3.8, 4) is 5.75 Å². The number of nitrogens with zero attached hydrogens (tertiary/aromatic N) is 4. The molecule has 1 saturated heterocycles. The van der Waals surface area contributed by atoms with Crippen LogP contribution in [0.25, 0.3) is 0 Å². The lowest BCUT2D eigenvalue weighted by atomic mass is 10.0. The predicted octanol–water partition coefficient (Wildman–Crippen LogP) is 1.99. The zero-order valence-electron chi connectivity index (χ0n) is 17.5. The second kappa shape index (κ2) is 8.55. The molecule has 1 N–H and O–H groups in total. The number of hydrogen-bond donors (Lipinski definition) is 1. The van der Waals surface area contributed by atoms with Crippen LogP contribution in [-0.2, 0) is 11.8 Å². The zero-order chi connectivity index (χ0) is 21.0. The maximum absolute atomic E-state index is 13.2. The molecule has 1 aliphatic rings. The van der Waals surface area contributed by atoms with Crippen LogP contribution in [0.1, 0.15) is 30.8 Å². The first-order valence-corrected chi connectivity index (χ1v) is 9.81. The predicted molar refractivity (Wildman–Crippen MR) is 111 cm³/mol. The number of aromatic nitrogens is 2. The summed E-state index contributed by atoms with van der Waals surface area (Å²) in [6, 6.07) is 9.22. The van der Waals surface area contributed by atoms with Gasteiger partial charge in [-0.3, -0.25) is 14.3 Å². The first-order valence-electron chi connectivity index (χ1n) is 9.81. The topological polar surface area (TPSA) is 79.7 Å². The van der Waals surface area contributed by atoms with Crippen LogP contribution in [0.4, 0.5) is 5.69 Å². The summed E-state index contributed by atoms with van der Waals surface area (Å²) >= 11 is 0. The van der Waals surface area contributed by atoms with Crippen LogP contribution in [0, 0.1) is 0 Å². The first kappa shape index (κ1) is 20.7. The summed E-state index contributed by atoms with van der Waals surface area (Å²) in [6.45, 7) is 6.03. The van der Waals surface area contributed by atoms with Crippen LogP contribution in [-0.4, -0.2) is 70.2 Å². The molecule has 2 heterocycles. The van der Waals surface area contributed by atoms with Crippen molar-refractivity contribution in [3.63, 3.8) is 0 Å². The fourth-order valence-corrected chi connectivity index (χ4v) is 3.55. The Morgan fingerprint density at radius 3 is 2.31 bits per heavy atom. The molecule has 0 radical (unpaired) electrons. The highest BCUT2D eigenvalue weighted by atomic mass is 16.5. The largest absolute Gasteiger partial charge is 0.497 e. The summed E-state index contributed by atoms with van der Waals surface area (Å²) in [5, 5.41) is 7.38. The van der Waals surface area contributed by atoms with Gasteiger partial charge in [0, 0.05) is 45.1 Å². The molecule has 0 saturated carbocycles. The van der Waals surface area contributed by atoms with Gasteiger partial charge in [0.1, 0.15) is 17.0 Å². The lowest BCUT2D eigenvalue weighted by molar-refractivity contribution is -0.134. The van der Waals surface area contributed by atoms with Gasteiger partial charge >= 0.3 is 0 Å². The van der Waals surface area contributed by atoms with Crippen LogP contribution >= 0.6 is 0 Å². The number of carbonyl (C=O) groups excluding carboxylic acids is 2. The van der Waals surface area contributed by atoms with Gasteiger partial charge in [0.15, 0.2) is 0 Å². The Morgan fingerprint density at radius 1 is 1.03 bits per heavy atom. The number of hydrogen-bond acceptors (Lipinski definition) is 5. The van der Waals surface area contributed by atoms with Crippen molar-refractivity contribution in [2.75, 3.05) is 38.6 Å². The van der Waals surface area contributed by atoms with Gasteiger partial charge in [-0.15, -0.1) is 0 Å². The zero-order valence-corrected chi connectivity index (χ0v) is 17.5. The van der Waals surface area contributed by atoms with E-state index in [-0.39, 0.29) is 11.8 Å². The van der Waals surface area contributed by atoms with Gasteiger partial charge < -0.3 is 19.9 Å². The third kappa shape index (κ3) is 4.70. The summed E-state index contributed by atoms with van der Waals surface area (Å²) in [5.74, 6) is 0.739. The molecule has 0 unspecified atom stereocenters. The maximum Gasteiger partial charge on any atom is 0.272 e. The fraction of sp³-hybridized carbons (Fsp3) is 0.476. The van der Waals surface area contributed by atoms with Crippen LogP contribution in [0.15, 0.2) is 36.5 Å². The number of ether oxygens (including phenoxy) is 1. The van der Waals surface area contributed by atoms with E-state index in [0.717, 1.165) is 17.9 Å². The van der Waals surface area contributed by atoms with Crippen LogP contribution < -0.4 is 10.1 Å². The molecule has 0 atom stereocenters. The third-order valence-corrected chi connectivity index (χ3v) is 5.19. The summed E-state index contributed by atoms with van der Waals surface area (Å²) in [6.07, 6.45) is 2.36. The van der Waals surface area contributed by atoms with Crippen LogP contribution in [0.3, 0.4) is 0 Å². The van der Waals surface area contributed by atoms with E-state index in [4.69, 9.17) is 4.74 Å². The molecule has 8 nitrogen and oxygen atoms in total. The smallest absolute Gasteiger partial charge is 0.272 e. The highest BCUT2D eigenvalue weighted by molar-refractivity contribution is 5.93. The van der Waals surface area contributed by atoms with E-state index in [1.54, 1.807) is 36.0 Å². The molecule has 8 heteroatoms. The SMILES string of the molecule is COc1ccc(NC(C)(C)C(=O)N2CCCN(C(=O)c3ccnn3C)CC2)cc1. The number of amides is 2. The molecule has 1 aromatic carbocycles. The quantitative estimate of drug-likeness (QED) is 0.832. The number of nitrogens with one attached hydrogen (secondary N) is 1. The number of methoxy groups -OCH3 is 1. The molecular weight excluding hydrogens is 370 g/mol. The molecule has 1 fully saturated rings. The van der Waals surface area contributed by atoms with Crippen molar-refractivity contribution >= 4 is 17.5 Å². The van der Waals surface area contributed by atoms with Gasteiger partial charge in [0.05, 0.1) is 7.11 Å². The van der Waals surface area contributed by atoms with E-state index in [1.807, 2.05) is 43.0 Å². The van der Waals surface area contributed by atoms with Crippen LogP contribution in [0.2, 0.25) is 0 Å². The molecule has 2 amide bonds. The standard InChI is InChI=1S/C21H29N5O3/c1-21(2,23-16-6-8-17(29-4)9-7-16)20(28)26-13-5-12-25(14-15-26)19(27)18-10-11-22-24(18)3/h6-11,23H,5,12-15H2,1-4H3. The lowest BCUT2D eigenvalue weighted by Gasteiger charge is -2.32. The van der Waals surface area contributed by atoms with Crippen molar-refractivity contribution < 1.29 is 14.3 Å². The van der Waals surface area contributed by atoms with Crippen molar-refractivity contribution in [3.05, 3.63) is 42.2 Å². The Hall–Kier alpha value is -3.03. The van der Waals surface area contributed by atoms with E-state index < -0.39 is 5.54 Å². The Kier molecular flexibility index (Phi) is 6.10. The van der Waals surface area contributed by atoms with Crippen molar-refractivity contribution in [1.29, 1.82) is 0 Å². The minimum atomic E-state index is -0.768. The minimum absolute atomic E-state index is 0.0168. The van der Waals surface area contributed by atoms with E-state index in [0.29, 0.717) is 31.9 Å². The second-order valence-electron chi connectivity index (χ2n) is 7.76. The average Bonchev–Trinajstić information content (AvgIpc) is 2.99. The number of anilines is 1. The summed E-state index contributed by atoms with van der Waals surface area (Å²) in [7, 11) is 3.38. The molecule has 1 aliphatic heterocycles. The van der Waals surface area contributed by atoms with E-state index >= 15 is 0 Å². The Morgan fingerprint density at radius 2 is 1.69 bits per heavy atom. The van der Waals surface area contributed by atoms with Gasteiger partial charge in [0.2, 0.25) is 5.91 Å². The van der Waals surface area contributed by atoms with Gasteiger partial charge in [-0.1, -0.05) is 0 Å². The van der Waals surface area contributed by atoms with E-state index in [1.165, 1.54) is 0 Å². The van der Waals surface area contributed by atoms with Crippen molar-refractivity contribution in [2.45, 2.75) is 25.8 Å². The number of aryl methyl sites for hydroxylation is 1. The first-order chi connectivity index (χ1) is 13.8. The highest BCUT2D eigenvalue weighted by Gasteiger charge is 2.33. The monoisotopic (exact) mass is 399 g/mol. The van der Waals surface area contributed by atoms with Gasteiger partial charge in [-0.05, 0) is 50.6 Å². The number of benzene rings is 1. The van der Waals surface area contributed by atoms with Gasteiger partial charge in [-0.2, -0.15) is 5.10 Å². The van der Waals surface area contributed by atoms with Crippen molar-refractivity contribution in [2.24, 2.45) is 7.05 Å². The summed E-state index contributed by atoms with van der Waals surface area (Å²) in [5.41, 5.74) is 0.647. The van der Waals surface area contributed by atoms with Crippen molar-refractivity contribution in [1.82, 2.24) is 19.6 Å². The molecule has 156 valence electrons. The normalized spacial score (nSPS) is 15.0. The third-order valence-electron chi connectivity index (χ3n) is 5.19. The molecule has 29 heavy (non-hydrogen) atoms. The number of rotatable bonds is 5. The molecule has 2 aromatic rings. The van der Waals surface area contributed by atoms with E-state index in [2.05, 4.69) is 10.4 Å². The maximum atomic E-state index is 13.2. The molecule has 0 spiro atoms. The molecule has 3 rings (SSSR count). The van der Waals surface area contributed by atoms with E-state index in [9.17, 15) is 9.59 Å². The molecule has 0 bridgehead atoms. The summed E-state index contributed by atoms with van der Waals surface area (Å²) in [4.78, 5) is 29.6. The Bertz CT molecular complexity index is 859. The fourth-order valence-electron chi connectivity index (χ4n) is 3.55. The highest BCUT2D eigenvalue weighted by Crippen LogP contribution is 2.21. The number of carbonyl (C=O) groups is 2. The molecule has 0 aliphatic carbocycles. The molecule has 1 aromatic heterocycles. The van der Waals surface area contributed by atoms with Gasteiger partial charge in [0.25, 0.3) is 5.91 Å².